The first-order chi connectivity index (χ1) is 8.27. The summed E-state index contributed by atoms with van der Waals surface area (Å²) in [6.45, 7) is 5.99. The third-order valence-electron chi connectivity index (χ3n) is 3.91. The molecule has 1 fully saturated rings. The molecule has 0 amide bonds. The van der Waals surface area contributed by atoms with E-state index in [1.165, 1.54) is 0 Å². The summed E-state index contributed by atoms with van der Waals surface area (Å²) in [5.74, 6) is 1.66. The molecule has 2 aliphatic rings. The Bertz CT molecular complexity index is 478. The molecule has 1 aromatic rings. The van der Waals surface area contributed by atoms with Gasteiger partial charge in [0.05, 0.1) is 6.61 Å². The van der Waals surface area contributed by atoms with Crippen molar-refractivity contribution in [3.63, 3.8) is 0 Å². The van der Waals surface area contributed by atoms with E-state index in [4.69, 9.17) is 4.74 Å². The van der Waals surface area contributed by atoms with Gasteiger partial charge >= 0.3 is 5.97 Å². The van der Waals surface area contributed by atoms with Gasteiger partial charge in [0, 0.05) is 17.2 Å². The molecule has 3 atom stereocenters. The van der Waals surface area contributed by atoms with Crippen LogP contribution in [0.1, 0.15) is 41.0 Å². The van der Waals surface area contributed by atoms with Crippen LogP contribution >= 0.6 is 0 Å². The topological polar surface area (TPSA) is 55.0 Å². The molecule has 0 aromatic carbocycles. The van der Waals surface area contributed by atoms with E-state index in [1.807, 2.05) is 13.0 Å². The lowest BCUT2D eigenvalue weighted by Gasteiger charge is -2.02. The predicted octanol–water partition coefficient (Wildman–Crippen LogP) is 2.05. The monoisotopic (exact) mass is 232 g/mol. The van der Waals surface area contributed by atoms with Crippen LogP contribution in [0.25, 0.3) is 0 Å². The molecule has 0 aliphatic heterocycles. The minimum absolute atomic E-state index is 0.299. The number of carbonyl (C=O) groups excluding carboxylic acids is 1. The van der Waals surface area contributed by atoms with Gasteiger partial charge in [-0.15, -0.1) is 6.58 Å². The summed E-state index contributed by atoms with van der Waals surface area (Å²) >= 11 is 0. The van der Waals surface area contributed by atoms with E-state index in [0.29, 0.717) is 30.1 Å². The second-order valence-electron chi connectivity index (χ2n) is 4.77. The Morgan fingerprint density at radius 2 is 2.53 bits per heavy atom. The number of H-pyrrole nitrogens is 1. The van der Waals surface area contributed by atoms with Gasteiger partial charge in [-0.3, -0.25) is 5.10 Å². The Hall–Kier alpha value is -1.58. The normalized spacial score (nSPS) is 28.4. The highest BCUT2D eigenvalue weighted by Gasteiger charge is 2.57. The van der Waals surface area contributed by atoms with Gasteiger partial charge in [-0.25, -0.2) is 4.79 Å². The van der Waals surface area contributed by atoms with Gasteiger partial charge in [-0.1, -0.05) is 6.08 Å². The van der Waals surface area contributed by atoms with Crippen LogP contribution in [0.3, 0.4) is 0 Å². The standard InChI is InChI=1S/C13H16N2O2/c1-3-5-7-8-6-9-11(10(7)8)14-15-12(9)13(16)17-4-2/h3,7-8,10H,1,4-6H2,2H3,(H,14,15)/t7-,8+,10-/m1/s1. The molecule has 0 saturated heterocycles. The average Bonchev–Trinajstić information content (AvgIpc) is 2.70. The van der Waals surface area contributed by atoms with Crippen molar-refractivity contribution in [3.05, 3.63) is 29.6 Å². The number of ether oxygens (including phenoxy) is 1. The summed E-state index contributed by atoms with van der Waals surface area (Å²) in [6.07, 6.45) is 4.00. The quantitative estimate of drug-likeness (QED) is 0.638. The highest BCUT2D eigenvalue weighted by Crippen LogP contribution is 2.62. The molecule has 4 heteroatoms. The number of carbonyl (C=O) groups is 1. The number of esters is 1. The fourth-order valence-corrected chi connectivity index (χ4v) is 3.13. The van der Waals surface area contributed by atoms with Crippen LogP contribution in [0.5, 0.6) is 0 Å². The van der Waals surface area contributed by atoms with Crippen LogP contribution in [0, 0.1) is 11.8 Å². The van der Waals surface area contributed by atoms with Crippen molar-refractivity contribution < 1.29 is 9.53 Å². The Morgan fingerprint density at radius 1 is 1.71 bits per heavy atom. The third-order valence-corrected chi connectivity index (χ3v) is 3.91. The zero-order valence-electron chi connectivity index (χ0n) is 9.90. The number of aromatic amines is 1. The van der Waals surface area contributed by atoms with Crippen LogP contribution in [-0.4, -0.2) is 22.8 Å². The third kappa shape index (κ3) is 1.43. The van der Waals surface area contributed by atoms with E-state index < -0.39 is 0 Å². The molecular weight excluding hydrogens is 216 g/mol. The highest BCUT2D eigenvalue weighted by atomic mass is 16.5. The molecule has 17 heavy (non-hydrogen) atoms. The molecule has 1 aromatic heterocycles. The number of aromatic nitrogens is 2. The van der Waals surface area contributed by atoms with Crippen LogP contribution in [0.4, 0.5) is 0 Å². The maximum absolute atomic E-state index is 11.7. The van der Waals surface area contributed by atoms with Gasteiger partial charge in [-0.2, -0.15) is 5.10 Å². The highest BCUT2D eigenvalue weighted by molar-refractivity contribution is 5.89. The fraction of sp³-hybridized carbons (Fsp3) is 0.538. The summed E-state index contributed by atoms with van der Waals surface area (Å²) in [5.41, 5.74) is 2.73. The number of nitrogens with zero attached hydrogens (tertiary/aromatic N) is 1. The molecule has 1 heterocycles. The number of fused-ring (bicyclic) bond motifs is 3. The molecule has 1 saturated carbocycles. The molecule has 4 nitrogen and oxygen atoms in total. The van der Waals surface area contributed by atoms with Gasteiger partial charge < -0.3 is 4.74 Å². The van der Waals surface area contributed by atoms with Gasteiger partial charge in [-0.05, 0) is 31.6 Å². The summed E-state index contributed by atoms with van der Waals surface area (Å²) < 4.78 is 5.00. The molecule has 90 valence electrons. The van der Waals surface area contributed by atoms with Gasteiger partial charge in [0.25, 0.3) is 0 Å². The number of allylic oxidation sites excluding steroid dienone is 1. The summed E-state index contributed by atoms with van der Waals surface area (Å²) in [5, 5.41) is 7.12. The number of rotatable bonds is 4. The number of nitrogens with one attached hydrogen (secondary N) is 1. The average molecular weight is 232 g/mol. The number of hydrogen-bond donors (Lipinski definition) is 1. The van der Waals surface area contributed by atoms with Crippen molar-refractivity contribution >= 4 is 5.97 Å². The second-order valence-corrected chi connectivity index (χ2v) is 4.77. The lowest BCUT2D eigenvalue weighted by atomic mass is 10.0. The van der Waals surface area contributed by atoms with Crippen LogP contribution in [0.15, 0.2) is 12.7 Å². The van der Waals surface area contributed by atoms with Crippen LogP contribution in [0.2, 0.25) is 0 Å². The fourth-order valence-electron chi connectivity index (χ4n) is 3.13. The Morgan fingerprint density at radius 3 is 3.24 bits per heavy atom. The van der Waals surface area contributed by atoms with E-state index in [1.54, 1.807) is 0 Å². The molecule has 0 unspecified atom stereocenters. The number of hydrogen-bond acceptors (Lipinski definition) is 3. The SMILES string of the molecule is C=CC[C@@H]1[C@@H]2Cc3c(C(=O)OCC)n[nH]c3[C@H]12. The maximum Gasteiger partial charge on any atom is 0.359 e. The summed E-state index contributed by atoms with van der Waals surface area (Å²) in [4.78, 5) is 11.7. The van der Waals surface area contributed by atoms with Gasteiger partial charge in [0.15, 0.2) is 5.69 Å². The maximum atomic E-state index is 11.7. The molecule has 0 spiro atoms. The first kappa shape index (κ1) is 10.6. The summed E-state index contributed by atoms with van der Waals surface area (Å²) in [6, 6.07) is 0. The Labute approximate surface area is 100 Å². The van der Waals surface area contributed by atoms with E-state index in [0.717, 1.165) is 24.1 Å². The van der Waals surface area contributed by atoms with Gasteiger partial charge in [0.1, 0.15) is 0 Å². The molecule has 2 aliphatic carbocycles. The first-order valence-corrected chi connectivity index (χ1v) is 6.13. The Kier molecular flexibility index (Phi) is 2.31. The van der Waals surface area contributed by atoms with Crippen LogP contribution < -0.4 is 0 Å². The molecular formula is C13H16N2O2. The minimum atomic E-state index is -0.299. The van der Waals surface area contributed by atoms with E-state index >= 15 is 0 Å². The molecule has 0 radical (unpaired) electrons. The lowest BCUT2D eigenvalue weighted by molar-refractivity contribution is 0.0518. The first-order valence-electron chi connectivity index (χ1n) is 6.13. The van der Waals surface area contributed by atoms with Crippen molar-refractivity contribution in [1.82, 2.24) is 10.2 Å². The van der Waals surface area contributed by atoms with Crippen molar-refractivity contribution in [2.75, 3.05) is 6.61 Å². The lowest BCUT2D eigenvalue weighted by Crippen LogP contribution is -2.08. The van der Waals surface area contributed by atoms with Crippen LogP contribution in [-0.2, 0) is 11.2 Å². The van der Waals surface area contributed by atoms with Crippen molar-refractivity contribution in [1.29, 1.82) is 0 Å². The van der Waals surface area contributed by atoms with Crippen molar-refractivity contribution in [3.8, 4) is 0 Å². The zero-order chi connectivity index (χ0) is 12.0. The van der Waals surface area contributed by atoms with E-state index in [9.17, 15) is 4.79 Å². The smallest absolute Gasteiger partial charge is 0.359 e. The predicted molar refractivity (Wildman–Crippen MR) is 62.8 cm³/mol. The second kappa shape index (κ2) is 3.72. The zero-order valence-corrected chi connectivity index (χ0v) is 9.90. The molecule has 1 N–H and O–H groups in total. The van der Waals surface area contributed by atoms with Crippen molar-refractivity contribution in [2.24, 2.45) is 11.8 Å². The molecule has 3 rings (SSSR count). The largest absolute Gasteiger partial charge is 0.461 e. The molecule has 0 bridgehead atoms. The minimum Gasteiger partial charge on any atom is -0.461 e. The van der Waals surface area contributed by atoms with Crippen molar-refractivity contribution in [2.45, 2.75) is 25.7 Å². The van der Waals surface area contributed by atoms with E-state index in [2.05, 4.69) is 16.8 Å². The van der Waals surface area contributed by atoms with E-state index in [-0.39, 0.29) is 5.97 Å². The van der Waals surface area contributed by atoms with Gasteiger partial charge in [0.2, 0.25) is 0 Å². The Balaban J connectivity index is 1.82. The summed E-state index contributed by atoms with van der Waals surface area (Å²) in [7, 11) is 0.